The van der Waals surface area contributed by atoms with Gasteiger partial charge in [-0.1, -0.05) is 5.18 Å². The third kappa shape index (κ3) is 5.55. The van der Waals surface area contributed by atoms with Crippen molar-refractivity contribution in [3.8, 4) is 5.75 Å². The molecule has 0 saturated carbocycles. The van der Waals surface area contributed by atoms with Crippen molar-refractivity contribution in [3.63, 3.8) is 0 Å². The molecule has 8 nitrogen and oxygen atoms in total. The predicted molar refractivity (Wildman–Crippen MR) is 74.0 cm³/mol. The molecule has 1 aromatic rings. The first-order valence-electron chi connectivity index (χ1n) is 6.36. The van der Waals surface area contributed by atoms with Crippen molar-refractivity contribution in [3.05, 3.63) is 39.3 Å². The second-order valence-electron chi connectivity index (χ2n) is 4.24. The van der Waals surface area contributed by atoms with E-state index in [1.54, 1.807) is 0 Å². The van der Waals surface area contributed by atoms with Crippen molar-refractivity contribution < 1.29 is 19.2 Å². The molecule has 114 valence electrons. The molecule has 0 fully saturated rings. The smallest absolute Gasteiger partial charge is 0.334 e. The van der Waals surface area contributed by atoms with E-state index in [0.717, 1.165) is 0 Å². The molecule has 1 aromatic carbocycles. The minimum atomic E-state index is -0.977. The number of hydrogen-bond acceptors (Lipinski definition) is 7. The quantitative estimate of drug-likeness (QED) is 0.228. The van der Waals surface area contributed by atoms with Gasteiger partial charge in [0.1, 0.15) is 5.75 Å². The van der Waals surface area contributed by atoms with Crippen LogP contribution in [0.1, 0.15) is 19.3 Å². The molecule has 1 rings (SSSR count). The van der Waals surface area contributed by atoms with Gasteiger partial charge >= 0.3 is 5.97 Å². The number of benzene rings is 1. The lowest BCUT2D eigenvalue weighted by atomic mass is 10.1. The Balaban J connectivity index is 2.26. The average Bonchev–Trinajstić information content (AvgIpc) is 2.50. The third-order valence-corrected chi connectivity index (χ3v) is 2.79. The van der Waals surface area contributed by atoms with E-state index in [-0.39, 0.29) is 5.69 Å². The Hall–Kier alpha value is -2.51. The fraction of sp³-hybridized carbons (Fsp3) is 0.462. The highest BCUT2D eigenvalue weighted by atomic mass is 16.6. The van der Waals surface area contributed by atoms with Gasteiger partial charge in [0, 0.05) is 12.1 Å². The second-order valence-corrected chi connectivity index (χ2v) is 4.24. The van der Waals surface area contributed by atoms with Crippen LogP contribution in [0, 0.1) is 15.0 Å². The summed E-state index contributed by atoms with van der Waals surface area (Å²) in [5.74, 6) is -0.111. The van der Waals surface area contributed by atoms with Crippen molar-refractivity contribution in [1.29, 1.82) is 0 Å². The molecule has 0 saturated heterocycles. The Morgan fingerprint density at radius 1 is 1.33 bits per heavy atom. The molecule has 1 unspecified atom stereocenters. The lowest BCUT2D eigenvalue weighted by Gasteiger charge is -2.08. The summed E-state index contributed by atoms with van der Waals surface area (Å²) in [5.41, 5.74) is 0.000303. The maximum atomic E-state index is 11.1. The van der Waals surface area contributed by atoms with Crippen LogP contribution in [-0.4, -0.2) is 30.7 Å². The fourth-order valence-corrected chi connectivity index (χ4v) is 1.64. The van der Waals surface area contributed by atoms with Crippen LogP contribution < -0.4 is 4.74 Å². The summed E-state index contributed by atoms with van der Waals surface area (Å²) in [6, 6.07) is 4.78. The van der Waals surface area contributed by atoms with Gasteiger partial charge in [0.25, 0.3) is 5.69 Å². The molecule has 0 spiro atoms. The molecule has 8 heteroatoms. The molecule has 0 heterocycles. The standard InChI is InChI=1S/C13H16N2O6/c1-20-13(16)12(14-17)4-2-3-9-21-11-7-5-10(6-8-11)15(18)19/h5-8,12H,2-4,9H2,1H3. The monoisotopic (exact) mass is 296 g/mol. The number of carbonyl (C=O) groups excluding carboxylic acids is 1. The SMILES string of the molecule is COC(=O)C(CCCCOc1ccc([N+](=O)[O-])cc1)N=O. The van der Waals surface area contributed by atoms with E-state index in [9.17, 15) is 19.8 Å². The summed E-state index contributed by atoms with van der Waals surface area (Å²) in [6.07, 6.45) is 1.51. The largest absolute Gasteiger partial charge is 0.494 e. The molecule has 0 aliphatic carbocycles. The first-order chi connectivity index (χ1) is 10.1. The highest BCUT2D eigenvalue weighted by Crippen LogP contribution is 2.17. The Labute approximate surface area is 121 Å². The van der Waals surface area contributed by atoms with E-state index in [0.29, 0.717) is 31.6 Å². The maximum absolute atomic E-state index is 11.1. The molecule has 1 atom stereocenters. The molecule has 0 N–H and O–H groups in total. The number of non-ortho nitro benzene ring substituents is 1. The molecule has 0 radical (unpaired) electrons. The number of unbranched alkanes of at least 4 members (excludes halogenated alkanes) is 1. The van der Waals surface area contributed by atoms with Gasteiger partial charge < -0.3 is 9.47 Å². The fourth-order valence-electron chi connectivity index (χ4n) is 1.64. The molecular formula is C13H16N2O6. The Morgan fingerprint density at radius 3 is 2.52 bits per heavy atom. The summed E-state index contributed by atoms with van der Waals surface area (Å²) in [6.45, 7) is 0.380. The number of nitrogens with zero attached hydrogens (tertiary/aromatic N) is 2. The van der Waals surface area contributed by atoms with Crippen molar-refractivity contribution in [2.75, 3.05) is 13.7 Å². The second kappa shape index (κ2) is 8.62. The summed E-state index contributed by atoms with van der Waals surface area (Å²) in [5, 5.41) is 13.2. The van der Waals surface area contributed by atoms with Gasteiger partial charge in [0.05, 0.1) is 18.6 Å². The van der Waals surface area contributed by atoms with Crippen molar-refractivity contribution in [1.82, 2.24) is 0 Å². The number of hydrogen-bond donors (Lipinski definition) is 0. The molecule has 0 aliphatic heterocycles. The normalized spacial score (nSPS) is 11.5. The van der Waals surface area contributed by atoms with Crippen LogP contribution in [0.4, 0.5) is 5.69 Å². The molecular weight excluding hydrogens is 280 g/mol. The number of methoxy groups -OCH3 is 1. The number of carbonyl (C=O) groups is 1. The molecule has 0 amide bonds. The van der Waals surface area contributed by atoms with Gasteiger partial charge in [0.2, 0.25) is 0 Å². The zero-order chi connectivity index (χ0) is 15.7. The van der Waals surface area contributed by atoms with E-state index in [2.05, 4.69) is 9.91 Å². The highest BCUT2D eigenvalue weighted by molar-refractivity contribution is 5.75. The van der Waals surface area contributed by atoms with Crippen LogP contribution in [0.15, 0.2) is 29.4 Å². The number of nitro groups is 1. The van der Waals surface area contributed by atoms with Gasteiger partial charge in [-0.05, 0) is 31.4 Å². The van der Waals surface area contributed by atoms with Crippen LogP contribution in [-0.2, 0) is 9.53 Å². The van der Waals surface area contributed by atoms with E-state index < -0.39 is 16.9 Å². The Morgan fingerprint density at radius 2 is 2.00 bits per heavy atom. The number of esters is 1. The van der Waals surface area contributed by atoms with Gasteiger partial charge in [-0.3, -0.25) is 10.1 Å². The van der Waals surface area contributed by atoms with Gasteiger partial charge in [-0.2, -0.15) is 0 Å². The van der Waals surface area contributed by atoms with Crippen molar-refractivity contribution in [2.24, 2.45) is 5.18 Å². The molecule has 0 bridgehead atoms. The predicted octanol–water partition coefficient (Wildman–Crippen LogP) is 2.45. The van der Waals surface area contributed by atoms with Crippen LogP contribution >= 0.6 is 0 Å². The Kier molecular flexibility index (Phi) is 6.79. The van der Waals surface area contributed by atoms with E-state index in [1.807, 2.05) is 0 Å². The van der Waals surface area contributed by atoms with Gasteiger partial charge in [-0.15, -0.1) is 4.91 Å². The van der Waals surface area contributed by atoms with Crippen molar-refractivity contribution >= 4 is 11.7 Å². The molecule has 0 aliphatic rings. The van der Waals surface area contributed by atoms with Crippen LogP contribution in [0.2, 0.25) is 0 Å². The average molecular weight is 296 g/mol. The Bertz CT molecular complexity index is 488. The van der Waals surface area contributed by atoms with Gasteiger partial charge in [0.15, 0.2) is 6.04 Å². The summed E-state index contributed by atoms with van der Waals surface area (Å²) in [7, 11) is 1.21. The van der Waals surface area contributed by atoms with E-state index >= 15 is 0 Å². The minimum Gasteiger partial charge on any atom is -0.494 e. The lowest BCUT2D eigenvalue weighted by Crippen LogP contribution is -2.19. The molecule has 0 aromatic heterocycles. The third-order valence-electron chi connectivity index (χ3n) is 2.79. The summed E-state index contributed by atoms with van der Waals surface area (Å²) >= 11 is 0. The lowest BCUT2D eigenvalue weighted by molar-refractivity contribution is -0.384. The zero-order valence-electron chi connectivity index (χ0n) is 11.6. The first kappa shape index (κ1) is 16.5. The van der Waals surface area contributed by atoms with E-state index in [4.69, 9.17) is 4.74 Å². The number of rotatable bonds is 9. The van der Waals surface area contributed by atoms with Crippen LogP contribution in [0.25, 0.3) is 0 Å². The zero-order valence-corrected chi connectivity index (χ0v) is 11.6. The topological polar surface area (TPSA) is 108 Å². The van der Waals surface area contributed by atoms with E-state index in [1.165, 1.54) is 31.4 Å². The minimum absolute atomic E-state index is 0.000303. The molecule has 21 heavy (non-hydrogen) atoms. The number of nitro benzene ring substituents is 1. The first-order valence-corrected chi connectivity index (χ1v) is 6.36. The summed E-state index contributed by atoms with van der Waals surface area (Å²) in [4.78, 5) is 31.5. The highest BCUT2D eigenvalue weighted by Gasteiger charge is 2.18. The summed E-state index contributed by atoms with van der Waals surface area (Å²) < 4.78 is 9.84. The van der Waals surface area contributed by atoms with Crippen LogP contribution in [0.3, 0.4) is 0 Å². The number of nitroso groups, excluding NO2 is 1. The van der Waals surface area contributed by atoms with Crippen molar-refractivity contribution in [2.45, 2.75) is 25.3 Å². The maximum Gasteiger partial charge on any atom is 0.334 e. The van der Waals surface area contributed by atoms with Gasteiger partial charge in [-0.25, -0.2) is 4.79 Å². The van der Waals surface area contributed by atoms with Crippen LogP contribution in [0.5, 0.6) is 5.75 Å². The number of ether oxygens (including phenoxy) is 2.